The summed E-state index contributed by atoms with van der Waals surface area (Å²) in [6.07, 6.45) is 1.40. The summed E-state index contributed by atoms with van der Waals surface area (Å²) in [5.41, 5.74) is 1.08. The first-order valence-electron chi connectivity index (χ1n) is 9.60. The van der Waals surface area contributed by atoms with Crippen molar-refractivity contribution in [2.75, 3.05) is 20.2 Å². The number of sulfonamides is 1. The summed E-state index contributed by atoms with van der Waals surface area (Å²) in [6.45, 7) is 2.46. The van der Waals surface area contributed by atoms with Crippen LogP contribution in [0.3, 0.4) is 0 Å². The van der Waals surface area contributed by atoms with Gasteiger partial charge in [0.1, 0.15) is 6.61 Å². The van der Waals surface area contributed by atoms with E-state index in [2.05, 4.69) is 4.72 Å². The fraction of sp³-hybridized carbons (Fsp3) is 0.381. The number of hydrogen-bond donors (Lipinski definition) is 1. The molecule has 0 bridgehead atoms. The number of ether oxygens (including phenoxy) is 2. The van der Waals surface area contributed by atoms with Gasteiger partial charge in [0.15, 0.2) is 17.6 Å². The lowest BCUT2D eigenvalue weighted by atomic mass is 10.1. The molecule has 0 spiro atoms. The SMILES string of the molecule is Cc1ccc(S(=O)(=O)NC2CC2)cc1C(=O)N(C)C[C@H]1COc2ccccc2O1. The number of aryl methyl sites for hydroxylation is 1. The molecule has 0 aromatic heterocycles. The van der Waals surface area contributed by atoms with Gasteiger partial charge in [0.05, 0.1) is 11.4 Å². The van der Waals surface area contributed by atoms with E-state index in [0.29, 0.717) is 30.2 Å². The van der Waals surface area contributed by atoms with Crippen LogP contribution in [0.25, 0.3) is 0 Å². The van der Waals surface area contributed by atoms with Crippen molar-refractivity contribution in [1.82, 2.24) is 9.62 Å². The lowest BCUT2D eigenvalue weighted by Crippen LogP contribution is -2.42. The minimum atomic E-state index is -3.62. The maximum Gasteiger partial charge on any atom is 0.254 e. The Labute approximate surface area is 170 Å². The topological polar surface area (TPSA) is 84.9 Å². The smallest absolute Gasteiger partial charge is 0.254 e. The summed E-state index contributed by atoms with van der Waals surface area (Å²) < 4.78 is 39.3. The van der Waals surface area contributed by atoms with Crippen LogP contribution in [0, 0.1) is 6.92 Å². The third kappa shape index (κ3) is 4.38. The van der Waals surface area contributed by atoms with E-state index in [9.17, 15) is 13.2 Å². The van der Waals surface area contributed by atoms with Crippen LogP contribution < -0.4 is 14.2 Å². The number of amides is 1. The zero-order valence-electron chi connectivity index (χ0n) is 16.4. The second-order valence-electron chi connectivity index (χ2n) is 7.56. The molecule has 1 heterocycles. The van der Waals surface area contributed by atoms with E-state index in [-0.39, 0.29) is 22.9 Å². The molecule has 2 aliphatic rings. The molecule has 1 atom stereocenters. The Morgan fingerprint density at radius 2 is 1.90 bits per heavy atom. The van der Waals surface area contributed by atoms with Crippen molar-refractivity contribution in [3.63, 3.8) is 0 Å². The molecule has 0 radical (unpaired) electrons. The minimum Gasteiger partial charge on any atom is -0.486 e. The maximum absolute atomic E-state index is 13.0. The number of benzene rings is 2. The van der Waals surface area contributed by atoms with E-state index in [1.54, 1.807) is 20.0 Å². The molecule has 1 N–H and O–H groups in total. The van der Waals surface area contributed by atoms with Crippen molar-refractivity contribution in [2.24, 2.45) is 0 Å². The Balaban J connectivity index is 1.48. The predicted molar refractivity (Wildman–Crippen MR) is 108 cm³/mol. The maximum atomic E-state index is 13.0. The number of para-hydroxylation sites is 2. The molecule has 1 saturated carbocycles. The number of nitrogens with one attached hydrogen (secondary N) is 1. The highest BCUT2D eigenvalue weighted by Gasteiger charge is 2.29. The van der Waals surface area contributed by atoms with Gasteiger partial charge in [0, 0.05) is 18.7 Å². The number of rotatable bonds is 6. The van der Waals surface area contributed by atoms with Gasteiger partial charge in [-0.05, 0) is 49.6 Å². The molecule has 0 unspecified atom stereocenters. The highest BCUT2D eigenvalue weighted by Crippen LogP contribution is 2.31. The van der Waals surface area contributed by atoms with Crippen molar-refractivity contribution in [2.45, 2.75) is 36.8 Å². The summed E-state index contributed by atoms with van der Waals surface area (Å²) in [7, 11) is -1.95. The van der Waals surface area contributed by atoms with E-state index < -0.39 is 10.0 Å². The second kappa shape index (κ2) is 7.68. The first-order chi connectivity index (χ1) is 13.8. The van der Waals surface area contributed by atoms with Gasteiger partial charge in [-0.3, -0.25) is 4.79 Å². The summed E-state index contributed by atoms with van der Waals surface area (Å²) in [6, 6.07) is 12.1. The Morgan fingerprint density at radius 3 is 2.62 bits per heavy atom. The molecule has 1 aliphatic heterocycles. The van der Waals surface area contributed by atoms with Gasteiger partial charge in [-0.1, -0.05) is 18.2 Å². The van der Waals surface area contributed by atoms with E-state index >= 15 is 0 Å². The van der Waals surface area contributed by atoms with Crippen molar-refractivity contribution in [1.29, 1.82) is 0 Å². The molecule has 2 aromatic carbocycles. The van der Waals surface area contributed by atoms with Crippen LogP contribution in [0.15, 0.2) is 47.4 Å². The van der Waals surface area contributed by atoms with Crippen molar-refractivity contribution in [3.8, 4) is 11.5 Å². The third-order valence-corrected chi connectivity index (χ3v) is 6.56. The Bertz CT molecular complexity index is 1030. The first-order valence-corrected chi connectivity index (χ1v) is 11.1. The Morgan fingerprint density at radius 1 is 1.17 bits per heavy atom. The van der Waals surface area contributed by atoms with Gasteiger partial charge in [-0.25, -0.2) is 13.1 Å². The monoisotopic (exact) mass is 416 g/mol. The van der Waals surface area contributed by atoms with Gasteiger partial charge in [0.2, 0.25) is 10.0 Å². The largest absolute Gasteiger partial charge is 0.486 e. The molecule has 1 fully saturated rings. The van der Waals surface area contributed by atoms with Crippen LogP contribution in [0.4, 0.5) is 0 Å². The van der Waals surface area contributed by atoms with E-state index in [1.165, 1.54) is 17.0 Å². The molecule has 29 heavy (non-hydrogen) atoms. The van der Waals surface area contributed by atoms with Gasteiger partial charge in [-0.2, -0.15) is 0 Å². The van der Waals surface area contributed by atoms with Crippen LogP contribution in [-0.2, 0) is 10.0 Å². The normalized spacial score (nSPS) is 18.3. The summed E-state index contributed by atoms with van der Waals surface area (Å²) in [5.74, 6) is 1.09. The van der Waals surface area contributed by atoms with Crippen molar-refractivity contribution in [3.05, 3.63) is 53.6 Å². The zero-order chi connectivity index (χ0) is 20.6. The molecular weight excluding hydrogens is 392 g/mol. The number of hydrogen-bond acceptors (Lipinski definition) is 5. The van der Waals surface area contributed by atoms with Gasteiger partial charge in [-0.15, -0.1) is 0 Å². The summed E-state index contributed by atoms with van der Waals surface area (Å²) in [4.78, 5) is 14.7. The summed E-state index contributed by atoms with van der Waals surface area (Å²) >= 11 is 0. The number of carbonyl (C=O) groups is 1. The van der Waals surface area contributed by atoms with E-state index in [1.807, 2.05) is 24.3 Å². The number of nitrogens with zero attached hydrogens (tertiary/aromatic N) is 1. The Kier molecular flexibility index (Phi) is 5.23. The fourth-order valence-electron chi connectivity index (χ4n) is 3.23. The van der Waals surface area contributed by atoms with E-state index in [4.69, 9.17) is 9.47 Å². The predicted octanol–water partition coefficient (Wildman–Crippen LogP) is 2.35. The molecule has 2 aromatic rings. The van der Waals surface area contributed by atoms with Gasteiger partial charge >= 0.3 is 0 Å². The van der Waals surface area contributed by atoms with Crippen molar-refractivity contribution >= 4 is 15.9 Å². The number of fused-ring (bicyclic) bond motifs is 1. The number of likely N-dealkylation sites (N-methyl/N-ethyl adjacent to an activating group) is 1. The minimum absolute atomic E-state index is 0.00876. The molecule has 8 heteroatoms. The average molecular weight is 416 g/mol. The molecular formula is C21H24N2O5S. The highest BCUT2D eigenvalue weighted by atomic mass is 32.2. The molecule has 7 nitrogen and oxygen atoms in total. The lowest BCUT2D eigenvalue weighted by molar-refractivity contribution is 0.0520. The van der Waals surface area contributed by atoms with E-state index in [0.717, 1.165) is 18.4 Å². The number of carbonyl (C=O) groups excluding carboxylic acids is 1. The lowest BCUT2D eigenvalue weighted by Gasteiger charge is -2.29. The van der Waals surface area contributed by atoms with Crippen LogP contribution in [-0.4, -0.2) is 51.6 Å². The highest BCUT2D eigenvalue weighted by molar-refractivity contribution is 7.89. The fourth-order valence-corrected chi connectivity index (χ4v) is 4.57. The molecule has 154 valence electrons. The Hall–Kier alpha value is -2.58. The van der Waals surface area contributed by atoms with Crippen LogP contribution in [0.5, 0.6) is 11.5 Å². The zero-order valence-corrected chi connectivity index (χ0v) is 17.2. The van der Waals surface area contributed by atoms with Crippen LogP contribution in [0.1, 0.15) is 28.8 Å². The average Bonchev–Trinajstić information content (AvgIpc) is 3.51. The quantitative estimate of drug-likeness (QED) is 0.781. The van der Waals surface area contributed by atoms with Gasteiger partial charge < -0.3 is 14.4 Å². The molecule has 1 aliphatic carbocycles. The summed E-state index contributed by atoms with van der Waals surface area (Å²) in [5, 5.41) is 0. The van der Waals surface area contributed by atoms with Crippen LogP contribution in [0.2, 0.25) is 0 Å². The first kappa shape index (κ1) is 19.7. The van der Waals surface area contributed by atoms with Crippen LogP contribution >= 0.6 is 0 Å². The molecule has 0 saturated heterocycles. The standard InChI is InChI=1S/C21H24N2O5S/c1-14-7-10-17(29(25,26)22-15-8-9-15)11-18(14)21(24)23(2)12-16-13-27-19-5-3-4-6-20(19)28-16/h3-7,10-11,15-16,22H,8-9,12-13H2,1-2H3/t16-/m0/s1. The molecule has 4 rings (SSSR count). The molecule has 1 amide bonds. The second-order valence-corrected chi connectivity index (χ2v) is 9.27. The third-order valence-electron chi connectivity index (χ3n) is 5.04. The van der Waals surface area contributed by atoms with Crippen molar-refractivity contribution < 1.29 is 22.7 Å². The van der Waals surface area contributed by atoms with Gasteiger partial charge in [0.25, 0.3) is 5.91 Å².